The van der Waals surface area contributed by atoms with Crippen LogP contribution in [0.15, 0.2) is 45.3 Å². The predicted molar refractivity (Wildman–Crippen MR) is 83.9 cm³/mol. The van der Waals surface area contributed by atoms with Crippen LogP contribution in [0, 0.1) is 5.82 Å². The van der Waals surface area contributed by atoms with Gasteiger partial charge in [0.15, 0.2) is 0 Å². The molecule has 2 N–H and O–H groups in total. The molecule has 0 amide bonds. The Morgan fingerprint density at radius 3 is 2.58 bits per heavy atom. The van der Waals surface area contributed by atoms with Gasteiger partial charge in [0.2, 0.25) is 0 Å². The van der Waals surface area contributed by atoms with Crippen molar-refractivity contribution in [2.75, 3.05) is 0 Å². The molecule has 0 aliphatic rings. The monoisotopic (exact) mass is 405 g/mol. The molecule has 5 heteroatoms. The molecule has 0 bridgehead atoms. The van der Waals surface area contributed by atoms with Crippen LogP contribution in [0.5, 0.6) is 0 Å². The van der Waals surface area contributed by atoms with E-state index in [1.54, 1.807) is 6.07 Å². The zero-order valence-corrected chi connectivity index (χ0v) is 13.8. The van der Waals surface area contributed by atoms with Gasteiger partial charge in [0.05, 0.1) is 0 Å². The topological polar surface area (TPSA) is 26.0 Å². The molecular formula is C14H11Br2ClFN. The SMILES string of the molecule is NC(Cc1ccc(Br)cc1Cl)c1cc(F)ccc1Br. The molecule has 0 aliphatic heterocycles. The lowest BCUT2D eigenvalue weighted by Crippen LogP contribution is -2.14. The molecular weight excluding hydrogens is 396 g/mol. The molecule has 0 aliphatic carbocycles. The first-order valence-electron chi connectivity index (χ1n) is 5.62. The number of rotatable bonds is 3. The highest BCUT2D eigenvalue weighted by molar-refractivity contribution is 9.10. The summed E-state index contributed by atoms with van der Waals surface area (Å²) in [4.78, 5) is 0. The zero-order chi connectivity index (χ0) is 14.0. The summed E-state index contributed by atoms with van der Waals surface area (Å²) in [7, 11) is 0. The van der Waals surface area contributed by atoms with Gasteiger partial charge in [-0.1, -0.05) is 49.5 Å². The third kappa shape index (κ3) is 3.78. The van der Waals surface area contributed by atoms with Crippen LogP contribution in [-0.2, 0) is 6.42 Å². The summed E-state index contributed by atoms with van der Waals surface area (Å²) in [6, 6.07) is 9.84. The van der Waals surface area contributed by atoms with Crippen LogP contribution in [0.1, 0.15) is 17.2 Å². The lowest BCUT2D eigenvalue weighted by atomic mass is 9.99. The number of benzene rings is 2. The molecule has 0 saturated heterocycles. The molecule has 1 unspecified atom stereocenters. The maximum Gasteiger partial charge on any atom is 0.123 e. The van der Waals surface area contributed by atoms with Gasteiger partial charge in [0.1, 0.15) is 5.82 Å². The van der Waals surface area contributed by atoms with Gasteiger partial charge in [-0.25, -0.2) is 4.39 Å². The molecule has 0 heterocycles. The summed E-state index contributed by atoms with van der Waals surface area (Å²) < 4.78 is 15.0. The molecule has 0 fully saturated rings. The van der Waals surface area contributed by atoms with Crippen LogP contribution in [0.25, 0.3) is 0 Å². The van der Waals surface area contributed by atoms with E-state index in [0.717, 1.165) is 20.1 Å². The van der Waals surface area contributed by atoms with E-state index in [-0.39, 0.29) is 11.9 Å². The van der Waals surface area contributed by atoms with E-state index >= 15 is 0 Å². The Bertz CT molecular complexity index is 604. The van der Waals surface area contributed by atoms with Crippen molar-refractivity contribution in [3.63, 3.8) is 0 Å². The molecule has 0 saturated carbocycles. The van der Waals surface area contributed by atoms with Crippen LogP contribution in [0.2, 0.25) is 5.02 Å². The van der Waals surface area contributed by atoms with Gasteiger partial charge in [0.25, 0.3) is 0 Å². The number of hydrogen-bond donors (Lipinski definition) is 1. The van der Waals surface area contributed by atoms with Crippen LogP contribution >= 0.6 is 43.5 Å². The molecule has 0 aromatic heterocycles. The average Bonchev–Trinajstić information content (AvgIpc) is 2.35. The Kier molecular flexibility index (Phi) is 5.01. The van der Waals surface area contributed by atoms with Crippen LogP contribution in [-0.4, -0.2) is 0 Å². The molecule has 2 aromatic rings. The number of nitrogens with two attached hydrogens (primary N) is 1. The maximum atomic E-state index is 13.3. The minimum Gasteiger partial charge on any atom is -0.324 e. The van der Waals surface area contributed by atoms with Gasteiger partial charge in [0, 0.05) is 20.0 Å². The first-order chi connectivity index (χ1) is 8.97. The molecule has 2 aromatic carbocycles. The summed E-state index contributed by atoms with van der Waals surface area (Å²) in [6.45, 7) is 0. The first kappa shape index (κ1) is 15.0. The molecule has 19 heavy (non-hydrogen) atoms. The Labute approximate surface area is 133 Å². The molecule has 100 valence electrons. The third-order valence-electron chi connectivity index (χ3n) is 2.81. The van der Waals surface area contributed by atoms with E-state index in [4.69, 9.17) is 17.3 Å². The van der Waals surface area contributed by atoms with Gasteiger partial charge in [-0.2, -0.15) is 0 Å². The summed E-state index contributed by atoms with van der Waals surface area (Å²) in [5.74, 6) is -0.296. The fourth-order valence-corrected chi connectivity index (χ4v) is 3.12. The summed E-state index contributed by atoms with van der Waals surface area (Å²) in [5, 5.41) is 0.650. The van der Waals surface area contributed by atoms with Crippen molar-refractivity contribution in [1.82, 2.24) is 0 Å². The standard InChI is InChI=1S/C14H11Br2ClFN/c15-9-2-1-8(13(17)6-9)5-14(19)11-7-10(18)3-4-12(11)16/h1-4,6-7,14H,5,19H2. The maximum absolute atomic E-state index is 13.3. The predicted octanol–water partition coefficient (Wildman–Crippen LogP) is 5.25. The average molecular weight is 408 g/mol. The smallest absolute Gasteiger partial charge is 0.123 e. The Morgan fingerprint density at radius 1 is 1.16 bits per heavy atom. The molecule has 1 atom stereocenters. The van der Waals surface area contributed by atoms with Crippen molar-refractivity contribution in [3.05, 3.63) is 67.3 Å². The third-order valence-corrected chi connectivity index (χ3v) is 4.38. The van der Waals surface area contributed by atoms with Gasteiger partial charge < -0.3 is 5.73 Å². The van der Waals surface area contributed by atoms with Crippen LogP contribution in [0.4, 0.5) is 4.39 Å². The Morgan fingerprint density at radius 2 is 1.89 bits per heavy atom. The van der Waals surface area contributed by atoms with E-state index in [9.17, 15) is 4.39 Å². The zero-order valence-electron chi connectivity index (χ0n) is 9.84. The van der Waals surface area contributed by atoms with Crippen LogP contribution in [0.3, 0.4) is 0 Å². The second-order valence-corrected chi connectivity index (χ2v) is 6.39. The van der Waals surface area contributed by atoms with Crippen molar-refractivity contribution in [1.29, 1.82) is 0 Å². The van der Waals surface area contributed by atoms with Crippen molar-refractivity contribution < 1.29 is 4.39 Å². The second kappa shape index (κ2) is 6.35. The van der Waals surface area contributed by atoms with E-state index in [1.807, 2.05) is 18.2 Å². The van der Waals surface area contributed by atoms with Crippen LogP contribution < -0.4 is 5.73 Å². The van der Waals surface area contributed by atoms with Gasteiger partial charge in [-0.15, -0.1) is 0 Å². The normalized spacial score (nSPS) is 12.5. The first-order valence-corrected chi connectivity index (χ1v) is 7.58. The summed E-state index contributed by atoms with van der Waals surface area (Å²) in [5.41, 5.74) is 7.81. The minimum atomic E-state index is -0.316. The largest absolute Gasteiger partial charge is 0.324 e. The fraction of sp³-hybridized carbons (Fsp3) is 0.143. The minimum absolute atomic E-state index is 0.296. The highest BCUT2D eigenvalue weighted by Gasteiger charge is 2.13. The van der Waals surface area contributed by atoms with Crippen molar-refractivity contribution >= 4 is 43.5 Å². The van der Waals surface area contributed by atoms with E-state index < -0.39 is 0 Å². The summed E-state index contributed by atoms with van der Waals surface area (Å²) in [6.07, 6.45) is 0.550. The Hall–Kier alpha value is -0.420. The fourth-order valence-electron chi connectivity index (χ4n) is 1.83. The van der Waals surface area contributed by atoms with Gasteiger partial charge >= 0.3 is 0 Å². The van der Waals surface area contributed by atoms with E-state index in [1.165, 1.54) is 12.1 Å². The second-order valence-electron chi connectivity index (χ2n) is 4.21. The molecule has 0 spiro atoms. The summed E-state index contributed by atoms with van der Waals surface area (Å²) >= 11 is 12.9. The Balaban J connectivity index is 2.25. The van der Waals surface area contributed by atoms with Crippen molar-refractivity contribution in [2.45, 2.75) is 12.5 Å². The van der Waals surface area contributed by atoms with Gasteiger partial charge in [-0.05, 0) is 47.9 Å². The van der Waals surface area contributed by atoms with Crippen molar-refractivity contribution in [2.24, 2.45) is 5.73 Å². The lowest BCUT2D eigenvalue weighted by Gasteiger charge is -2.15. The van der Waals surface area contributed by atoms with Gasteiger partial charge in [-0.3, -0.25) is 0 Å². The highest BCUT2D eigenvalue weighted by atomic mass is 79.9. The van der Waals surface area contributed by atoms with Crippen molar-refractivity contribution in [3.8, 4) is 0 Å². The molecule has 0 radical (unpaired) electrons. The quantitative estimate of drug-likeness (QED) is 0.739. The molecule has 2 rings (SSSR count). The number of halogens is 4. The van der Waals surface area contributed by atoms with E-state index in [2.05, 4.69) is 31.9 Å². The highest BCUT2D eigenvalue weighted by Crippen LogP contribution is 2.29. The number of hydrogen-bond acceptors (Lipinski definition) is 1. The lowest BCUT2D eigenvalue weighted by molar-refractivity contribution is 0.617. The van der Waals surface area contributed by atoms with E-state index in [0.29, 0.717) is 11.4 Å². The molecule has 1 nitrogen and oxygen atoms in total.